The molecule has 2 aromatic carbocycles. The Morgan fingerprint density at radius 3 is 2.17 bits per heavy atom. The predicted octanol–water partition coefficient (Wildman–Crippen LogP) is 2.73. The van der Waals surface area contributed by atoms with Crippen molar-refractivity contribution in [1.82, 2.24) is 5.32 Å². The number of benzene rings is 2. The van der Waals surface area contributed by atoms with Gasteiger partial charge in [0.25, 0.3) is 0 Å². The number of carbonyl (C=O) groups excluding carboxylic acids is 2. The summed E-state index contributed by atoms with van der Waals surface area (Å²) in [6.45, 7) is 2.96. The Bertz CT molecular complexity index is 678. The Morgan fingerprint density at radius 1 is 0.958 bits per heavy atom. The number of hydrogen-bond acceptors (Lipinski definition) is 4. The predicted molar refractivity (Wildman–Crippen MR) is 90.9 cm³/mol. The van der Waals surface area contributed by atoms with Gasteiger partial charge in [0.2, 0.25) is 5.91 Å². The number of amides is 1. The molecule has 2 aromatic rings. The summed E-state index contributed by atoms with van der Waals surface area (Å²) in [6.07, 6.45) is 0.312. The first-order valence-corrected chi connectivity index (χ1v) is 7.78. The third-order valence-electron chi connectivity index (χ3n) is 3.46. The standard InChI is InChI=1S/C19H21NO4/c1-3-24-17-10-6-14(7-11-17)12-18(21)20-13-15-4-8-16(9-5-15)19(22)23-2/h4-11H,3,12-13H2,1-2H3,(H,20,21). The van der Waals surface area contributed by atoms with Crippen LogP contribution in [0.1, 0.15) is 28.4 Å². The van der Waals surface area contributed by atoms with Crippen LogP contribution in [0.2, 0.25) is 0 Å². The second-order valence-electron chi connectivity index (χ2n) is 5.22. The fraction of sp³-hybridized carbons (Fsp3) is 0.263. The summed E-state index contributed by atoms with van der Waals surface area (Å²) in [4.78, 5) is 23.4. The maximum atomic E-state index is 12.0. The van der Waals surface area contributed by atoms with Crippen molar-refractivity contribution in [3.05, 3.63) is 65.2 Å². The second kappa shape index (κ2) is 8.72. The van der Waals surface area contributed by atoms with Crippen molar-refractivity contribution in [2.45, 2.75) is 19.9 Å². The molecule has 5 heteroatoms. The van der Waals surface area contributed by atoms with E-state index in [0.717, 1.165) is 16.9 Å². The van der Waals surface area contributed by atoms with Gasteiger partial charge in [-0.25, -0.2) is 4.79 Å². The minimum Gasteiger partial charge on any atom is -0.494 e. The summed E-state index contributed by atoms with van der Waals surface area (Å²) in [7, 11) is 1.34. The molecule has 1 amide bonds. The molecule has 0 aromatic heterocycles. The molecule has 0 aliphatic rings. The van der Waals surface area contributed by atoms with Gasteiger partial charge in [-0.2, -0.15) is 0 Å². The second-order valence-corrected chi connectivity index (χ2v) is 5.22. The third-order valence-corrected chi connectivity index (χ3v) is 3.46. The summed E-state index contributed by atoms with van der Waals surface area (Å²) in [6, 6.07) is 14.4. The molecule has 5 nitrogen and oxygen atoms in total. The van der Waals surface area contributed by atoms with Crippen LogP contribution in [0.3, 0.4) is 0 Å². The fourth-order valence-corrected chi connectivity index (χ4v) is 2.20. The Kier molecular flexibility index (Phi) is 6.37. The van der Waals surface area contributed by atoms with Gasteiger partial charge in [-0.1, -0.05) is 24.3 Å². The first-order chi connectivity index (χ1) is 11.6. The van der Waals surface area contributed by atoms with E-state index < -0.39 is 0 Å². The van der Waals surface area contributed by atoms with Crippen LogP contribution in [0.4, 0.5) is 0 Å². The summed E-state index contributed by atoms with van der Waals surface area (Å²) in [5.74, 6) is 0.365. The number of nitrogens with one attached hydrogen (secondary N) is 1. The number of carbonyl (C=O) groups is 2. The van der Waals surface area contributed by atoms with Gasteiger partial charge in [-0.05, 0) is 42.3 Å². The lowest BCUT2D eigenvalue weighted by Crippen LogP contribution is -2.24. The molecule has 0 fully saturated rings. The van der Waals surface area contributed by atoms with Crippen LogP contribution in [0.15, 0.2) is 48.5 Å². The highest BCUT2D eigenvalue weighted by Crippen LogP contribution is 2.12. The van der Waals surface area contributed by atoms with Gasteiger partial charge in [0, 0.05) is 6.54 Å². The van der Waals surface area contributed by atoms with Crippen molar-refractivity contribution in [3.63, 3.8) is 0 Å². The summed E-state index contributed by atoms with van der Waals surface area (Å²) in [5, 5.41) is 2.86. The molecule has 0 saturated carbocycles. The highest BCUT2D eigenvalue weighted by molar-refractivity contribution is 5.89. The summed E-state index contributed by atoms with van der Waals surface area (Å²) < 4.78 is 10.0. The smallest absolute Gasteiger partial charge is 0.337 e. The highest BCUT2D eigenvalue weighted by atomic mass is 16.5. The number of rotatable bonds is 7. The van der Waals surface area contributed by atoms with Crippen LogP contribution in [0, 0.1) is 0 Å². The summed E-state index contributed by atoms with van der Waals surface area (Å²) in [5.41, 5.74) is 2.33. The van der Waals surface area contributed by atoms with Crippen LogP contribution >= 0.6 is 0 Å². The molecule has 0 bridgehead atoms. The van der Waals surface area contributed by atoms with E-state index in [1.54, 1.807) is 24.3 Å². The van der Waals surface area contributed by atoms with E-state index >= 15 is 0 Å². The van der Waals surface area contributed by atoms with Gasteiger partial charge >= 0.3 is 5.97 Å². The van der Waals surface area contributed by atoms with Gasteiger partial charge in [0.15, 0.2) is 0 Å². The lowest BCUT2D eigenvalue weighted by Gasteiger charge is -2.07. The molecule has 0 saturated heterocycles. The number of ether oxygens (including phenoxy) is 2. The van der Waals surface area contributed by atoms with E-state index in [9.17, 15) is 9.59 Å². The molecule has 0 spiro atoms. The van der Waals surface area contributed by atoms with E-state index in [-0.39, 0.29) is 11.9 Å². The van der Waals surface area contributed by atoms with Gasteiger partial charge in [-0.15, -0.1) is 0 Å². The molecule has 126 valence electrons. The Balaban J connectivity index is 1.83. The first kappa shape index (κ1) is 17.5. The van der Waals surface area contributed by atoms with E-state index in [1.807, 2.05) is 31.2 Å². The lowest BCUT2D eigenvalue weighted by molar-refractivity contribution is -0.120. The van der Waals surface area contributed by atoms with Gasteiger partial charge in [0.1, 0.15) is 5.75 Å². The van der Waals surface area contributed by atoms with Crippen molar-refractivity contribution in [3.8, 4) is 5.75 Å². The lowest BCUT2D eigenvalue weighted by atomic mass is 10.1. The minimum absolute atomic E-state index is 0.0591. The van der Waals surface area contributed by atoms with E-state index in [2.05, 4.69) is 10.1 Å². The zero-order valence-electron chi connectivity index (χ0n) is 13.9. The van der Waals surface area contributed by atoms with Crippen molar-refractivity contribution in [2.75, 3.05) is 13.7 Å². The third kappa shape index (κ3) is 5.12. The molecule has 0 aliphatic carbocycles. The van der Waals surface area contributed by atoms with Crippen molar-refractivity contribution in [2.24, 2.45) is 0 Å². The monoisotopic (exact) mass is 327 g/mol. The number of esters is 1. The van der Waals surface area contributed by atoms with Crippen LogP contribution in [0.25, 0.3) is 0 Å². The maximum Gasteiger partial charge on any atom is 0.337 e. The van der Waals surface area contributed by atoms with Crippen molar-refractivity contribution < 1.29 is 19.1 Å². The first-order valence-electron chi connectivity index (χ1n) is 7.78. The molecule has 0 aliphatic heterocycles. The Hall–Kier alpha value is -2.82. The fourth-order valence-electron chi connectivity index (χ4n) is 2.20. The van der Waals surface area contributed by atoms with Gasteiger partial charge < -0.3 is 14.8 Å². The number of methoxy groups -OCH3 is 1. The summed E-state index contributed by atoms with van der Waals surface area (Å²) >= 11 is 0. The molecule has 24 heavy (non-hydrogen) atoms. The SMILES string of the molecule is CCOc1ccc(CC(=O)NCc2ccc(C(=O)OC)cc2)cc1. The molecular weight excluding hydrogens is 306 g/mol. The van der Waals surface area contributed by atoms with Gasteiger partial charge in [0.05, 0.1) is 25.7 Å². The molecule has 1 N–H and O–H groups in total. The molecule has 0 atom stereocenters. The average molecular weight is 327 g/mol. The van der Waals surface area contributed by atoms with Crippen LogP contribution in [-0.2, 0) is 22.5 Å². The topological polar surface area (TPSA) is 64.6 Å². The zero-order valence-corrected chi connectivity index (χ0v) is 13.9. The quantitative estimate of drug-likeness (QED) is 0.794. The zero-order chi connectivity index (χ0) is 17.4. The Labute approximate surface area is 141 Å². The van der Waals surface area contributed by atoms with Crippen molar-refractivity contribution in [1.29, 1.82) is 0 Å². The number of hydrogen-bond donors (Lipinski definition) is 1. The molecule has 0 heterocycles. The largest absolute Gasteiger partial charge is 0.494 e. The molecule has 0 radical (unpaired) electrons. The van der Waals surface area contributed by atoms with Crippen LogP contribution in [0.5, 0.6) is 5.75 Å². The molecule has 0 unspecified atom stereocenters. The highest BCUT2D eigenvalue weighted by Gasteiger charge is 2.06. The minimum atomic E-state index is -0.374. The van der Waals surface area contributed by atoms with E-state index in [4.69, 9.17) is 4.74 Å². The van der Waals surface area contributed by atoms with E-state index in [0.29, 0.717) is 25.1 Å². The molecule has 2 rings (SSSR count). The van der Waals surface area contributed by atoms with Gasteiger partial charge in [-0.3, -0.25) is 4.79 Å². The van der Waals surface area contributed by atoms with Crippen LogP contribution in [-0.4, -0.2) is 25.6 Å². The van der Waals surface area contributed by atoms with E-state index in [1.165, 1.54) is 7.11 Å². The maximum absolute atomic E-state index is 12.0. The van der Waals surface area contributed by atoms with Crippen molar-refractivity contribution >= 4 is 11.9 Å². The normalized spacial score (nSPS) is 10.1. The molecular formula is C19H21NO4. The van der Waals surface area contributed by atoms with Crippen LogP contribution < -0.4 is 10.1 Å². The Morgan fingerprint density at radius 2 is 1.58 bits per heavy atom. The average Bonchev–Trinajstić information content (AvgIpc) is 2.61.